The lowest BCUT2D eigenvalue weighted by Gasteiger charge is -2.24. The van der Waals surface area contributed by atoms with Gasteiger partial charge in [0.15, 0.2) is 0 Å². The number of nitrogens with zero attached hydrogens (tertiary/aromatic N) is 2. The van der Waals surface area contributed by atoms with Gasteiger partial charge in [-0.25, -0.2) is 0 Å². The number of likely N-dealkylation sites (N-methyl/N-ethyl adjacent to an activating group) is 1. The van der Waals surface area contributed by atoms with E-state index in [0.29, 0.717) is 5.69 Å². The molecule has 68 valence electrons. The summed E-state index contributed by atoms with van der Waals surface area (Å²) in [5.74, 6) is 0. The normalized spacial score (nSPS) is 16.7. The number of rotatable bonds is 1. The largest absolute Gasteiger partial charge is 0.302 e. The van der Waals surface area contributed by atoms with Crippen molar-refractivity contribution in [3.8, 4) is 0 Å². The van der Waals surface area contributed by atoms with Gasteiger partial charge >= 0.3 is 0 Å². The van der Waals surface area contributed by atoms with E-state index < -0.39 is 0 Å². The zero-order valence-electron chi connectivity index (χ0n) is 7.66. The summed E-state index contributed by atoms with van der Waals surface area (Å²) in [6, 6.07) is 5.69. The average molecular weight is 176 g/mol. The molecule has 0 aromatic heterocycles. The lowest BCUT2D eigenvalue weighted by molar-refractivity contribution is 0.313. The van der Waals surface area contributed by atoms with Crippen LogP contribution in [0.25, 0.3) is 0 Å². The highest BCUT2D eigenvalue weighted by molar-refractivity contribution is 5.44. The molecule has 0 unspecified atom stereocenters. The van der Waals surface area contributed by atoms with Crippen LogP contribution in [-0.4, -0.2) is 18.5 Å². The topological polar surface area (TPSA) is 32.7 Å². The second-order valence-corrected chi connectivity index (χ2v) is 3.53. The fourth-order valence-electron chi connectivity index (χ4n) is 1.74. The Balaban J connectivity index is 2.38. The van der Waals surface area contributed by atoms with Gasteiger partial charge in [-0.05, 0) is 41.9 Å². The first-order valence-electron chi connectivity index (χ1n) is 4.43. The van der Waals surface area contributed by atoms with Gasteiger partial charge in [0.1, 0.15) is 5.69 Å². The number of fused-ring (bicyclic) bond motifs is 1. The van der Waals surface area contributed by atoms with Crippen molar-refractivity contribution in [2.75, 3.05) is 13.6 Å². The molecule has 0 N–H and O–H groups in total. The molecule has 13 heavy (non-hydrogen) atoms. The molecule has 1 aliphatic rings. The monoisotopic (exact) mass is 176 g/mol. The van der Waals surface area contributed by atoms with Gasteiger partial charge < -0.3 is 4.90 Å². The summed E-state index contributed by atoms with van der Waals surface area (Å²) < 4.78 is 0. The molecular weight excluding hydrogens is 164 g/mol. The van der Waals surface area contributed by atoms with E-state index in [2.05, 4.69) is 17.1 Å². The maximum absolute atomic E-state index is 10.3. The zero-order chi connectivity index (χ0) is 9.26. The molecule has 0 amide bonds. The Hall–Kier alpha value is -1.22. The summed E-state index contributed by atoms with van der Waals surface area (Å²) in [6.07, 6.45) is 1.07. The molecule has 0 saturated heterocycles. The standard InChI is InChI=1S/C10H12N2O/c1-12-5-4-8-2-3-10(11-13)6-9(8)7-12/h2-3,6H,4-5,7H2,1H3. The van der Waals surface area contributed by atoms with Gasteiger partial charge in [0, 0.05) is 13.1 Å². The Kier molecular flexibility index (Phi) is 2.10. The highest BCUT2D eigenvalue weighted by atomic mass is 16.3. The molecule has 0 spiro atoms. The molecule has 1 heterocycles. The molecule has 1 aromatic rings. The molecule has 0 radical (unpaired) electrons. The van der Waals surface area contributed by atoms with Crippen molar-refractivity contribution in [2.24, 2.45) is 5.18 Å². The van der Waals surface area contributed by atoms with Gasteiger partial charge in [-0.1, -0.05) is 6.07 Å². The first kappa shape index (κ1) is 8.38. The fraction of sp³-hybridized carbons (Fsp3) is 0.400. The molecule has 0 saturated carbocycles. The van der Waals surface area contributed by atoms with E-state index in [9.17, 15) is 4.91 Å². The Morgan fingerprint density at radius 3 is 3.00 bits per heavy atom. The van der Waals surface area contributed by atoms with E-state index in [1.165, 1.54) is 11.1 Å². The fourth-order valence-corrected chi connectivity index (χ4v) is 1.74. The minimum atomic E-state index is 0.536. The number of hydrogen-bond donors (Lipinski definition) is 0. The maximum atomic E-state index is 10.3. The summed E-state index contributed by atoms with van der Waals surface area (Å²) in [5.41, 5.74) is 3.13. The molecule has 0 fully saturated rings. The molecule has 1 aromatic carbocycles. The average Bonchev–Trinajstić information content (AvgIpc) is 2.16. The summed E-state index contributed by atoms with van der Waals surface area (Å²) in [7, 11) is 2.09. The lowest BCUT2D eigenvalue weighted by Crippen LogP contribution is -2.26. The Labute approximate surface area is 77.3 Å². The van der Waals surface area contributed by atoms with Crippen LogP contribution in [0.3, 0.4) is 0 Å². The third kappa shape index (κ3) is 1.60. The second-order valence-electron chi connectivity index (χ2n) is 3.53. The van der Waals surface area contributed by atoms with Crippen LogP contribution in [0.1, 0.15) is 11.1 Å². The Morgan fingerprint density at radius 1 is 1.38 bits per heavy atom. The third-order valence-electron chi connectivity index (χ3n) is 2.50. The Morgan fingerprint density at radius 2 is 2.23 bits per heavy atom. The molecule has 2 rings (SSSR count). The minimum absolute atomic E-state index is 0.536. The van der Waals surface area contributed by atoms with Crippen LogP contribution in [0.5, 0.6) is 0 Å². The predicted molar refractivity (Wildman–Crippen MR) is 51.9 cm³/mol. The molecule has 0 bridgehead atoms. The van der Waals surface area contributed by atoms with Gasteiger partial charge in [0.05, 0.1) is 0 Å². The molecule has 0 aliphatic carbocycles. The minimum Gasteiger partial charge on any atom is -0.302 e. The van der Waals surface area contributed by atoms with Crippen LogP contribution in [0, 0.1) is 4.91 Å². The number of nitroso groups, excluding NO2 is 1. The second kappa shape index (κ2) is 3.26. The molecule has 0 atom stereocenters. The van der Waals surface area contributed by atoms with E-state index in [0.717, 1.165) is 19.5 Å². The van der Waals surface area contributed by atoms with Crippen molar-refractivity contribution in [2.45, 2.75) is 13.0 Å². The van der Waals surface area contributed by atoms with Crippen LogP contribution in [0.4, 0.5) is 5.69 Å². The first-order chi connectivity index (χ1) is 6.29. The summed E-state index contributed by atoms with van der Waals surface area (Å²) in [6.45, 7) is 2.03. The number of benzene rings is 1. The van der Waals surface area contributed by atoms with Gasteiger partial charge in [0.2, 0.25) is 0 Å². The summed E-state index contributed by atoms with van der Waals surface area (Å²) >= 11 is 0. The van der Waals surface area contributed by atoms with E-state index in [1.807, 2.05) is 12.1 Å². The van der Waals surface area contributed by atoms with Crippen LogP contribution in [-0.2, 0) is 13.0 Å². The quantitative estimate of drug-likeness (QED) is 0.613. The molecule has 3 heteroatoms. The highest BCUT2D eigenvalue weighted by Crippen LogP contribution is 2.22. The van der Waals surface area contributed by atoms with Crippen LogP contribution >= 0.6 is 0 Å². The van der Waals surface area contributed by atoms with Crippen LogP contribution in [0.2, 0.25) is 0 Å². The van der Waals surface area contributed by atoms with Crippen molar-refractivity contribution in [1.29, 1.82) is 0 Å². The third-order valence-corrected chi connectivity index (χ3v) is 2.50. The van der Waals surface area contributed by atoms with E-state index in [4.69, 9.17) is 0 Å². The molecule has 3 nitrogen and oxygen atoms in total. The van der Waals surface area contributed by atoms with Crippen molar-refractivity contribution in [3.63, 3.8) is 0 Å². The van der Waals surface area contributed by atoms with Gasteiger partial charge in [-0.3, -0.25) is 0 Å². The zero-order valence-corrected chi connectivity index (χ0v) is 7.66. The van der Waals surface area contributed by atoms with Crippen LogP contribution < -0.4 is 0 Å². The first-order valence-corrected chi connectivity index (χ1v) is 4.43. The van der Waals surface area contributed by atoms with Gasteiger partial charge in [0.25, 0.3) is 0 Å². The SMILES string of the molecule is CN1CCc2ccc(N=O)cc2C1. The van der Waals surface area contributed by atoms with Gasteiger partial charge in [-0.2, -0.15) is 0 Å². The lowest BCUT2D eigenvalue weighted by atomic mass is 10.00. The van der Waals surface area contributed by atoms with Crippen LogP contribution in [0.15, 0.2) is 23.4 Å². The highest BCUT2D eigenvalue weighted by Gasteiger charge is 2.12. The maximum Gasteiger partial charge on any atom is 0.108 e. The van der Waals surface area contributed by atoms with Crippen molar-refractivity contribution in [1.82, 2.24) is 4.90 Å². The van der Waals surface area contributed by atoms with E-state index in [-0.39, 0.29) is 0 Å². The number of hydrogen-bond acceptors (Lipinski definition) is 3. The van der Waals surface area contributed by atoms with Crippen molar-refractivity contribution < 1.29 is 0 Å². The van der Waals surface area contributed by atoms with Crippen molar-refractivity contribution >= 4 is 5.69 Å². The smallest absolute Gasteiger partial charge is 0.108 e. The van der Waals surface area contributed by atoms with E-state index >= 15 is 0 Å². The predicted octanol–water partition coefficient (Wildman–Crippen LogP) is 2.07. The van der Waals surface area contributed by atoms with Crippen molar-refractivity contribution in [3.05, 3.63) is 34.2 Å². The Bertz CT molecular complexity index is 336. The summed E-state index contributed by atoms with van der Waals surface area (Å²) in [4.78, 5) is 12.6. The molecular formula is C10H12N2O. The summed E-state index contributed by atoms with van der Waals surface area (Å²) in [5, 5.41) is 2.94. The molecule has 1 aliphatic heterocycles. The van der Waals surface area contributed by atoms with E-state index in [1.54, 1.807) is 6.07 Å². The van der Waals surface area contributed by atoms with Gasteiger partial charge in [-0.15, -0.1) is 4.91 Å².